The summed E-state index contributed by atoms with van der Waals surface area (Å²) in [6.45, 7) is 6.71. The highest BCUT2D eigenvalue weighted by molar-refractivity contribution is 14.0. The maximum atomic E-state index is 12.2. The van der Waals surface area contributed by atoms with Gasteiger partial charge in [0, 0.05) is 51.2 Å². The van der Waals surface area contributed by atoms with Gasteiger partial charge in [0.15, 0.2) is 5.96 Å². The number of benzene rings is 1. The highest BCUT2D eigenvalue weighted by Gasteiger charge is 2.13. The van der Waals surface area contributed by atoms with Crippen LogP contribution in [0.4, 0.5) is 0 Å². The molecule has 2 rings (SSSR count). The van der Waals surface area contributed by atoms with E-state index in [4.69, 9.17) is 9.47 Å². The number of aliphatic imine (C=N–C) groups is 1. The largest absolute Gasteiger partial charge is 0.491 e. The third kappa shape index (κ3) is 9.67. The molecule has 2 aromatic rings. The van der Waals surface area contributed by atoms with Crippen LogP contribution in [0.1, 0.15) is 18.1 Å². The van der Waals surface area contributed by atoms with Gasteiger partial charge in [-0.25, -0.2) is 13.1 Å². The van der Waals surface area contributed by atoms with E-state index in [-0.39, 0.29) is 35.4 Å². The lowest BCUT2D eigenvalue weighted by molar-refractivity contribution is 0.110. The van der Waals surface area contributed by atoms with Crippen LogP contribution in [0.15, 0.2) is 52.6 Å². The van der Waals surface area contributed by atoms with Gasteiger partial charge in [0.1, 0.15) is 17.3 Å². The first kappa shape index (κ1) is 28.1. The molecule has 32 heavy (non-hydrogen) atoms. The second-order valence-corrected chi connectivity index (χ2v) is 8.36. The van der Waals surface area contributed by atoms with Gasteiger partial charge < -0.3 is 20.1 Å². The lowest BCUT2D eigenvalue weighted by Crippen LogP contribution is -2.41. The molecule has 0 saturated heterocycles. The van der Waals surface area contributed by atoms with E-state index in [1.54, 1.807) is 13.1 Å². The van der Waals surface area contributed by atoms with Crippen LogP contribution in [0, 0.1) is 6.92 Å². The number of hydrogen-bond donors (Lipinski definition) is 3. The molecule has 0 saturated carbocycles. The molecule has 0 aliphatic heterocycles. The zero-order valence-corrected chi connectivity index (χ0v) is 21.8. The number of sulfonamides is 1. The molecule has 0 spiro atoms. The fourth-order valence-corrected chi connectivity index (χ4v) is 3.65. The standard InChI is InChI=1S/C21H31N5O4S.HI/c1-4-29-12-13-30-20-14-17(2)7-8-18(20)15-25-21(22-3)24-10-11-26-31(27,28)19-6-5-9-23-16-19;/h5-9,14,16,26H,4,10-13,15H2,1-3H3,(H2,22,24,25);1H. The Bertz CT molecular complexity index is 942. The molecular weight excluding hydrogens is 545 g/mol. The average molecular weight is 577 g/mol. The SMILES string of the molecule is CCOCCOc1cc(C)ccc1CNC(=NC)NCCNS(=O)(=O)c1cccnc1.I. The maximum Gasteiger partial charge on any atom is 0.242 e. The maximum absolute atomic E-state index is 12.2. The number of nitrogens with zero attached hydrogens (tertiary/aromatic N) is 2. The topological polar surface area (TPSA) is 114 Å². The first-order valence-corrected chi connectivity index (χ1v) is 11.6. The van der Waals surface area contributed by atoms with Crippen molar-refractivity contribution in [3.63, 3.8) is 0 Å². The number of pyridine rings is 1. The van der Waals surface area contributed by atoms with Gasteiger partial charge in [-0.15, -0.1) is 24.0 Å². The number of nitrogens with one attached hydrogen (secondary N) is 3. The molecule has 0 aliphatic rings. The second-order valence-electron chi connectivity index (χ2n) is 6.60. The smallest absolute Gasteiger partial charge is 0.242 e. The molecule has 1 heterocycles. The summed E-state index contributed by atoms with van der Waals surface area (Å²) in [6, 6.07) is 9.10. The molecule has 9 nitrogen and oxygen atoms in total. The summed E-state index contributed by atoms with van der Waals surface area (Å²) < 4.78 is 38.1. The molecule has 1 aromatic carbocycles. The van der Waals surface area contributed by atoms with E-state index in [0.29, 0.717) is 38.9 Å². The van der Waals surface area contributed by atoms with Crippen LogP contribution < -0.4 is 20.1 Å². The van der Waals surface area contributed by atoms with Crippen molar-refractivity contribution in [3.8, 4) is 5.75 Å². The van der Waals surface area contributed by atoms with E-state index in [1.165, 1.54) is 18.5 Å². The molecule has 0 fully saturated rings. The van der Waals surface area contributed by atoms with Crippen LogP contribution in [0.2, 0.25) is 0 Å². The van der Waals surface area contributed by atoms with Gasteiger partial charge in [-0.3, -0.25) is 9.98 Å². The molecule has 3 N–H and O–H groups in total. The van der Waals surface area contributed by atoms with Gasteiger partial charge >= 0.3 is 0 Å². The fraction of sp³-hybridized carbons (Fsp3) is 0.429. The summed E-state index contributed by atoms with van der Waals surface area (Å²) in [5.41, 5.74) is 2.10. The van der Waals surface area contributed by atoms with E-state index >= 15 is 0 Å². The van der Waals surface area contributed by atoms with E-state index in [1.807, 2.05) is 32.0 Å². The van der Waals surface area contributed by atoms with Crippen molar-refractivity contribution in [3.05, 3.63) is 53.9 Å². The Labute approximate surface area is 207 Å². The number of rotatable bonds is 12. The van der Waals surface area contributed by atoms with Crippen LogP contribution in [0.25, 0.3) is 0 Å². The summed E-state index contributed by atoms with van der Waals surface area (Å²) >= 11 is 0. The van der Waals surface area contributed by atoms with Crippen molar-refractivity contribution in [1.82, 2.24) is 20.3 Å². The Kier molecular flexibility index (Phi) is 13.1. The Morgan fingerprint density at radius 3 is 2.66 bits per heavy atom. The number of halogens is 1. The third-order valence-corrected chi connectivity index (χ3v) is 5.68. The van der Waals surface area contributed by atoms with E-state index in [0.717, 1.165) is 16.9 Å². The van der Waals surface area contributed by atoms with Crippen molar-refractivity contribution >= 4 is 40.0 Å². The molecule has 1 aromatic heterocycles. The zero-order chi connectivity index (χ0) is 22.5. The summed E-state index contributed by atoms with van der Waals surface area (Å²) in [7, 11) is -1.93. The molecule has 0 bridgehead atoms. The lowest BCUT2D eigenvalue weighted by atomic mass is 10.1. The van der Waals surface area contributed by atoms with Crippen molar-refractivity contribution < 1.29 is 17.9 Å². The Morgan fingerprint density at radius 1 is 1.16 bits per heavy atom. The molecule has 0 radical (unpaired) electrons. The van der Waals surface area contributed by atoms with E-state index < -0.39 is 10.0 Å². The first-order chi connectivity index (χ1) is 15.0. The predicted molar refractivity (Wildman–Crippen MR) is 136 cm³/mol. The van der Waals surface area contributed by atoms with Gasteiger partial charge in [0.2, 0.25) is 10.0 Å². The van der Waals surface area contributed by atoms with Crippen molar-refractivity contribution in [1.29, 1.82) is 0 Å². The Balaban J connectivity index is 0.00000512. The summed E-state index contributed by atoms with van der Waals surface area (Å²) in [5.74, 6) is 1.35. The van der Waals surface area contributed by atoms with Gasteiger partial charge in [0.25, 0.3) is 0 Å². The number of aromatic nitrogens is 1. The van der Waals surface area contributed by atoms with Crippen LogP contribution in [-0.2, 0) is 21.3 Å². The quantitative estimate of drug-likeness (QED) is 0.153. The van der Waals surface area contributed by atoms with Crippen LogP contribution in [0.3, 0.4) is 0 Å². The molecule has 0 unspecified atom stereocenters. The lowest BCUT2D eigenvalue weighted by Gasteiger charge is -2.16. The van der Waals surface area contributed by atoms with Gasteiger partial charge in [-0.2, -0.15) is 0 Å². The normalized spacial score (nSPS) is 11.5. The summed E-state index contributed by atoms with van der Waals surface area (Å²) in [4.78, 5) is 8.14. The highest BCUT2D eigenvalue weighted by Crippen LogP contribution is 2.20. The van der Waals surface area contributed by atoms with Crippen molar-refractivity contribution in [2.75, 3.05) is 40.0 Å². The number of guanidine groups is 1. The van der Waals surface area contributed by atoms with Crippen LogP contribution in [0.5, 0.6) is 5.75 Å². The van der Waals surface area contributed by atoms with Gasteiger partial charge in [-0.05, 0) is 37.6 Å². The number of aryl methyl sites for hydroxylation is 1. The molecule has 11 heteroatoms. The monoisotopic (exact) mass is 577 g/mol. The number of ether oxygens (including phenoxy) is 2. The minimum atomic E-state index is -3.58. The second kappa shape index (κ2) is 15.0. The first-order valence-electron chi connectivity index (χ1n) is 10.1. The van der Waals surface area contributed by atoms with E-state index in [2.05, 4.69) is 25.3 Å². The van der Waals surface area contributed by atoms with E-state index in [9.17, 15) is 8.42 Å². The Morgan fingerprint density at radius 2 is 1.97 bits per heavy atom. The predicted octanol–water partition coefficient (Wildman–Crippen LogP) is 2.07. The third-order valence-electron chi connectivity index (χ3n) is 4.24. The fourth-order valence-electron chi connectivity index (χ4n) is 2.65. The zero-order valence-electron chi connectivity index (χ0n) is 18.6. The summed E-state index contributed by atoms with van der Waals surface area (Å²) in [5, 5.41) is 6.31. The van der Waals surface area contributed by atoms with Crippen molar-refractivity contribution in [2.24, 2.45) is 4.99 Å². The molecule has 0 atom stereocenters. The highest BCUT2D eigenvalue weighted by atomic mass is 127. The average Bonchev–Trinajstić information content (AvgIpc) is 2.78. The van der Waals surface area contributed by atoms with Crippen LogP contribution >= 0.6 is 24.0 Å². The minimum absolute atomic E-state index is 0. The minimum Gasteiger partial charge on any atom is -0.491 e. The molecule has 0 aliphatic carbocycles. The van der Waals surface area contributed by atoms with Gasteiger partial charge in [-0.1, -0.05) is 12.1 Å². The molecule has 0 amide bonds. The van der Waals surface area contributed by atoms with Crippen molar-refractivity contribution in [2.45, 2.75) is 25.3 Å². The Hall–Kier alpha value is -1.96. The molecule has 178 valence electrons. The van der Waals surface area contributed by atoms with Crippen LogP contribution in [-0.4, -0.2) is 59.3 Å². The number of hydrogen-bond acceptors (Lipinski definition) is 6. The van der Waals surface area contributed by atoms with Gasteiger partial charge in [0.05, 0.1) is 6.61 Å². The molecular formula is C21H32IN5O4S. The summed E-state index contributed by atoms with van der Waals surface area (Å²) in [6.07, 6.45) is 2.84.